The first-order valence-corrected chi connectivity index (χ1v) is 7.45. The molecule has 3 rings (SSSR count). The number of nitrogens with one attached hydrogen (secondary N) is 2. The first-order chi connectivity index (χ1) is 10.5. The minimum atomic E-state index is 0.364. The Hall–Kier alpha value is -2.56. The number of rotatable bonds is 4. The standard InChI is InChI=1S/C17H21N5/c1-11(2)20-15-9-12(3)5-6-13(15)21-17-16-14(18-10-19-17)7-8-22(16)4/h5-11,20H,1-4H3,(H,18,19,21). The van der Waals surface area contributed by atoms with Gasteiger partial charge in [0.2, 0.25) is 0 Å². The average molecular weight is 295 g/mol. The Labute approximate surface area is 130 Å². The van der Waals surface area contributed by atoms with Gasteiger partial charge in [-0.15, -0.1) is 0 Å². The largest absolute Gasteiger partial charge is 0.381 e. The fraction of sp³-hybridized carbons (Fsp3) is 0.294. The fourth-order valence-corrected chi connectivity index (χ4v) is 2.54. The summed E-state index contributed by atoms with van der Waals surface area (Å²) >= 11 is 0. The highest BCUT2D eigenvalue weighted by atomic mass is 15.1. The molecule has 0 radical (unpaired) electrons. The number of hydrogen-bond acceptors (Lipinski definition) is 4. The molecule has 0 saturated heterocycles. The molecule has 3 aromatic rings. The second-order valence-electron chi connectivity index (χ2n) is 5.86. The summed E-state index contributed by atoms with van der Waals surface area (Å²) in [6.45, 7) is 6.35. The van der Waals surface area contributed by atoms with Gasteiger partial charge in [0.15, 0.2) is 5.82 Å². The van der Waals surface area contributed by atoms with Gasteiger partial charge in [-0.05, 0) is 44.5 Å². The molecule has 114 valence electrons. The van der Waals surface area contributed by atoms with Crippen molar-refractivity contribution in [2.45, 2.75) is 26.8 Å². The normalized spacial score (nSPS) is 11.1. The van der Waals surface area contributed by atoms with E-state index in [0.717, 1.165) is 28.2 Å². The predicted molar refractivity (Wildman–Crippen MR) is 91.7 cm³/mol. The molecule has 0 aliphatic carbocycles. The Morgan fingerprint density at radius 1 is 1.09 bits per heavy atom. The fourth-order valence-electron chi connectivity index (χ4n) is 2.54. The molecule has 0 aliphatic heterocycles. The molecule has 2 aromatic heterocycles. The van der Waals surface area contributed by atoms with E-state index in [-0.39, 0.29) is 0 Å². The molecule has 2 N–H and O–H groups in total. The Bertz CT molecular complexity index is 804. The third-order valence-corrected chi connectivity index (χ3v) is 3.53. The Balaban J connectivity index is 2.03. The summed E-state index contributed by atoms with van der Waals surface area (Å²) in [7, 11) is 2.00. The number of aromatic nitrogens is 3. The van der Waals surface area contributed by atoms with E-state index in [4.69, 9.17) is 0 Å². The van der Waals surface area contributed by atoms with Crippen LogP contribution in [-0.2, 0) is 7.05 Å². The average Bonchev–Trinajstić information content (AvgIpc) is 2.84. The molecular formula is C17H21N5. The van der Waals surface area contributed by atoms with Crippen molar-refractivity contribution in [3.63, 3.8) is 0 Å². The molecule has 0 bridgehead atoms. The molecule has 0 saturated carbocycles. The molecular weight excluding hydrogens is 274 g/mol. The Morgan fingerprint density at radius 3 is 2.68 bits per heavy atom. The van der Waals surface area contributed by atoms with Crippen LogP contribution in [0.15, 0.2) is 36.8 Å². The maximum atomic E-state index is 4.41. The molecule has 1 aromatic carbocycles. The highest BCUT2D eigenvalue weighted by Crippen LogP contribution is 2.29. The topological polar surface area (TPSA) is 54.8 Å². The lowest BCUT2D eigenvalue weighted by atomic mass is 10.1. The van der Waals surface area contributed by atoms with Crippen molar-refractivity contribution in [3.05, 3.63) is 42.4 Å². The van der Waals surface area contributed by atoms with E-state index in [1.165, 1.54) is 5.56 Å². The van der Waals surface area contributed by atoms with Gasteiger partial charge in [-0.1, -0.05) is 6.07 Å². The maximum absolute atomic E-state index is 4.41. The number of aryl methyl sites for hydroxylation is 2. The molecule has 0 atom stereocenters. The van der Waals surface area contributed by atoms with Gasteiger partial charge in [-0.3, -0.25) is 0 Å². The van der Waals surface area contributed by atoms with Gasteiger partial charge in [0.1, 0.15) is 11.8 Å². The van der Waals surface area contributed by atoms with E-state index in [1.54, 1.807) is 6.33 Å². The SMILES string of the molecule is Cc1ccc(Nc2ncnc3ccn(C)c23)c(NC(C)C)c1. The van der Waals surface area contributed by atoms with Crippen LogP contribution < -0.4 is 10.6 Å². The van der Waals surface area contributed by atoms with Gasteiger partial charge in [0.05, 0.1) is 16.9 Å². The van der Waals surface area contributed by atoms with Crippen LogP contribution in [0, 0.1) is 6.92 Å². The monoisotopic (exact) mass is 295 g/mol. The van der Waals surface area contributed by atoms with Crippen molar-refractivity contribution >= 4 is 28.2 Å². The van der Waals surface area contributed by atoms with E-state index >= 15 is 0 Å². The van der Waals surface area contributed by atoms with Crippen LogP contribution in [0.1, 0.15) is 19.4 Å². The summed E-state index contributed by atoms with van der Waals surface area (Å²) in [4.78, 5) is 8.71. The number of anilines is 3. The first-order valence-electron chi connectivity index (χ1n) is 7.45. The number of benzene rings is 1. The van der Waals surface area contributed by atoms with E-state index in [1.807, 2.05) is 23.9 Å². The summed E-state index contributed by atoms with van der Waals surface area (Å²) in [6, 6.07) is 8.67. The smallest absolute Gasteiger partial charge is 0.158 e. The molecule has 0 spiro atoms. The van der Waals surface area contributed by atoms with Crippen LogP contribution in [0.3, 0.4) is 0 Å². The zero-order valence-electron chi connectivity index (χ0n) is 13.4. The molecule has 2 heterocycles. The van der Waals surface area contributed by atoms with Gasteiger partial charge in [-0.25, -0.2) is 9.97 Å². The summed E-state index contributed by atoms with van der Waals surface area (Å²) < 4.78 is 2.03. The zero-order chi connectivity index (χ0) is 15.7. The van der Waals surface area contributed by atoms with Gasteiger partial charge < -0.3 is 15.2 Å². The zero-order valence-corrected chi connectivity index (χ0v) is 13.4. The third-order valence-electron chi connectivity index (χ3n) is 3.53. The molecule has 0 aliphatic rings. The third kappa shape index (κ3) is 2.74. The number of hydrogen-bond donors (Lipinski definition) is 2. The summed E-state index contributed by atoms with van der Waals surface area (Å²) in [6.07, 6.45) is 3.58. The van der Waals surface area contributed by atoms with E-state index in [9.17, 15) is 0 Å². The highest BCUT2D eigenvalue weighted by molar-refractivity contribution is 5.89. The minimum Gasteiger partial charge on any atom is -0.381 e. The van der Waals surface area contributed by atoms with E-state index in [0.29, 0.717) is 6.04 Å². The van der Waals surface area contributed by atoms with Crippen molar-refractivity contribution in [1.29, 1.82) is 0 Å². The van der Waals surface area contributed by atoms with Crippen LogP contribution in [0.2, 0.25) is 0 Å². The van der Waals surface area contributed by atoms with Crippen molar-refractivity contribution in [2.75, 3.05) is 10.6 Å². The molecule has 5 nitrogen and oxygen atoms in total. The van der Waals surface area contributed by atoms with Crippen LogP contribution in [0.4, 0.5) is 17.2 Å². The van der Waals surface area contributed by atoms with Crippen LogP contribution in [0.5, 0.6) is 0 Å². The van der Waals surface area contributed by atoms with Crippen LogP contribution in [0.25, 0.3) is 11.0 Å². The van der Waals surface area contributed by atoms with Crippen molar-refractivity contribution < 1.29 is 0 Å². The summed E-state index contributed by atoms with van der Waals surface area (Å²) in [5.74, 6) is 0.813. The lowest BCUT2D eigenvalue weighted by Crippen LogP contribution is -2.11. The molecule has 0 amide bonds. The first kappa shape index (κ1) is 14.4. The van der Waals surface area contributed by atoms with Crippen molar-refractivity contribution in [3.8, 4) is 0 Å². The van der Waals surface area contributed by atoms with Gasteiger partial charge >= 0.3 is 0 Å². The highest BCUT2D eigenvalue weighted by Gasteiger charge is 2.10. The second kappa shape index (κ2) is 5.67. The van der Waals surface area contributed by atoms with Gasteiger partial charge in [0.25, 0.3) is 0 Å². The maximum Gasteiger partial charge on any atom is 0.158 e. The van der Waals surface area contributed by atoms with Gasteiger partial charge in [-0.2, -0.15) is 0 Å². The number of nitrogens with zero attached hydrogens (tertiary/aromatic N) is 3. The van der Waals surface area contributed by atoms with Crippen LogP contribution >= 0.6 is 0 Å². The van der Waals surface area contributed by atoms with Crippen molar-refractivity contribution in [1.82, 2.24) is 14.5 Å². The van der Waals surface area contributed by atoms with Gasteiger partial charge in [0, 0.05) is 19.3 Å². The van der Waals surface area contributed by atoms with E-state index < -0.39 is 0 Å². The lowest BCUT2D eigenvalue weighted by molar-refractivity contribution is 0.899. The Kier molecular flexibility index (Phi) is 3.71. The molecule has 22 heavy (non-hydrogen) atoms. The van der Waals surface area contributed by atoms with E-state index in [2.05, 4.69) is 59.6 Å². The van der Waals surface area contributed by atoms with Crippen molar-refractivity contribution in [2.24, 2.45) is 7.05 Å². The second-order valence-corrected chi connectivity index (χ2v) is 5.86. The quantitative estimate of drug-likeness (QED) is 0.768. The molecule has 0 unspecified atom stereocenters. The Morgan fingerprint density at radius 2 is 1.91 bits per heavy atom. The lowest BCUT2D eigenvalue weighted by Gasteiger charge is -2.17. The number of fused-ring (bicyclic) bond motifs is 1. The molecule has 5 heteroatoms. The predicted octanol–water partition coefficient (Wildman–Crippen LogP) is 3.84. The van der Waals surface area contributed by atoms with Crippen LogP contribution in [-0.4, -0.2) is 20.6 Å². The minimum absolute atomic E-state index is 0.364. The molecule has 0 fully saturated rings. The summed E-state index contributed by atoms with van der Waals surface area (Å²) in [5, 5.41) is 6.92. The summed E-state index contributed by atoms with van der Waals surface area (Å²) in [5.41, 5.74) is 5.25.